The smallest absolute Gasteiger partial charge is 0.124 e. The Morgan fingerprint density at radius 2 is 1.70 bits per heavy atom. The number of ether oxygens (including phenoxy) is 2. The Morgan fingerprint density at radius 3 is 2.44 bits per heavy atom. The molecule has 0 bridgehead atoms. The van der Waals surface area contributed by atoms with E-state index in [-0.39, 0.29) is 30.6 Å². The van der Waals surface area contributed by atoms with Gasteiger partial charge in [-0.2, -0.15) is 0 Å². The van der Waals surface area contributed by atoms with Crippen LogP contribution in [-0.4, -0.2) is 44.3 Å². The van der Waals surface area contributed by atoms with Crippen molar-refractivity contribution >= 4 is 24.8 Å². The lowest BCUT2D eigenvalue weighted by Gasteiger charge is -2.26. The molecule has 0 spiro atoms. The quantitative estimate of drug-likeness (QED) is 0.665. The van der Waals surface area contributed by atoms with Crippen molar-refractivity contribution in [3.8, 4) is 5.75 Å². The molecule has 1 fully saturated rings. The molecule has 1 saturated heterocycles. The van der Waals surface area contributed by atoms with Gasteiger partial charge in [0.2, 0.25) is 0 Å². The molecule has 1 aliphatic rings. The number of nitrogens with one attached hydrogen (secondary N) is 1. The molecule has 2 aromatic carbocycles. The average Bonchev–Trinajstić information content (AvgIpc) is 2.66. The van der Waals surface area contributed by atoms with E-state index < -0.39 is 0 Å². The van der Waals surface area contributed by atoms with Gasteiger partial charge in [-0.3, -0.25) is 4.90 Å². The number of hydrogen-bond donors (Lipinski definition) is 1. The molecule has 7 heteroatoms. The van der Waals surface area contributed by atoms with E-state index in [1.807, 2.05) is 18.2 Å². The molecule has 0 aliphatic carbocycles. The number of rotatable bonds is 8. The second-order valence-electron chi connectivity index (χ2n) is 6.15. The molecule has 0 radical (unpaired) electrons. The van der Waals surface area contributed by atoms with Crippen LogP contribution in [0.15, 0.2) is 48.5 Å². The average molecular weight is 417 g/mol. The highest BCUT2D eigenvalue weighted by atomic mass is 35.5. The Morgan fingerprint density at radius 1 is 1.00 bits per heavy atom. The number of halogens is 3. The minimum absolute atomic E-state index is 0. The summed E-state index contributed by atoms with van der Waals surface area (Å²) in [5.41, 5.74) is 2.09. The van der Waals surface area contributed by atoms with Crippen LogP contribution in [0.4, 0.5) is 4.39 Å². The summed E-state index contributed by atoms with van der Waals surface area (Å²) in [4.78, 5) is 2.41. The molecule has 150 valence electrons. The fourth-order valence-corrected chi connectivity index (χ4v) is 2.82. The zero-order valence-electron chi connectivity index (χ0n) is 15.2. The van der Waals surface area contributed by atoms with Crippen molar-refractivity contribution in [1.29, 1.82) is 0 Å². The summed E-state index contributed by atoms with van der Waals surface area (Å²) in [6.45, 7) is 6.86. The molecule has 27 heavy (non-hydrogen) atoms. The summed E-state index contributed by atoms with van der Waals surface area (Å²) >= 11 is 0. The van der Waals surface area contributed by atoms with Crippen LogP contribution >= 0.6 is 24.8 Å². The first-order chi connectivity index (χ1) is 12.3. The highest BCUT2D eigenvalue weighted by molar-refractivity contribution is 5.85. The van der Waals surface area contributed by atoms with Crippen LogP contribution in [0.3, 0.4) is 0 Å². The van der Waals surface area contributed by atoms with Crippen LogP contribution in [0.2, 0.25) is 0 Å². The zero-order valence-corrected chi connectivity index (χ0v) is 16.9. The molecule has 0 atom stereocenters. The van der Waals surface area contributed by atoms with E-state index in [2.05, 4.69) is 16.3 Å². The maximum Gasteiger partial charge on any atom is 0.124 e. The molecule has 0 unspecified atom stereocenters. The molecule has 2 aromatic rings. The van der Waals surface area contributed by atoms with Gasteiger partial charge in [0.15, 0.2) is 0 Å². The monoisotopic (exact) mass is 416 g/mol. The maximum absolute atomic E-state index is 13.0. The Balaban J connectivity index is 0.00000182. The molecule has 0 amide bonds. The van der Waals surface area contributed by atoms with Crippen LogP contribution in [0.1, 0.15) is 11.1 Å². The molecule has 4 nitrogen and oxygen atoms in total. The minimum Gasteiger partial charge on any atom is -0.489 e. The number of benzene rings is 2. The van der Waals surface area contributed by atoms with Crippen molar-refractivity contribution in [3.05, 3.63) is 65.5 Å². The fraction of sp³-hybridized carbons (Fsp3) is 0.400. The summed E-state index contributed by atoms with van der Waals surface area (Å²) in [5, 5.41) is 3.48. The van der Waals surface area contributed by atoms with Crippen LogP contribution in [-0.2, 0) is 17.9 Å². The molecule has 1 heterocycles. The lowest BCUT2D eigenvalue weighted by molar-refractivity contribution is 0.0384. The first-order valence-electron chi connectivity index (χ1n) is 8.77. The largest absolute Gasteiger partial charge is 0.489 e. The van der Waals surface area contributed by atoms with Crippen molar-refractivity contribution in [2.24, 2.45) is 0 Å². The molecule has 3 rings (SSSR count). The Labute approximate surface area is 172 Å². The van der Waals surface area contributed by atoms with Crippen molar-refractivity contribution in [1.82, 2.24) is 10.2 Å². The third-order valence-corrected chi connectivity index (χ3v) is 4.30. The van der Waals surface area contributed by atoms with E-state index in [0.29, 0.717) is 6.61 Å². The number of hydrogen-bond acceptors (Lipinski definition) is 4. The molecular weight excluding hydrogens is 390 g/mol. The third-order valence-electron chi connectivity index (χ3n) is 4.30. The van der Waals surface area contributed by atoms with Gasteiger partial charge in [0.1, 0.15) is 18.2 Å². The van der Waals surface area contributed by atoms with Crippen LogP contribution < -0.4 is 10.1 Å². The lowest BCUT2D eigenvalue weighted by atomic mass is 10.2. The van der Waals surface area contributed by atoms with Crippen LogP contribution in [0, 0.1) is 5.82 Å². The van der Waals surface area contributed by atoms with Crippen LogP contribution in [0.25, 0.3) is 0 Å². The summed E-state index contributed by atoms with van der Waals surface area (Å²) in [7, 11) is 0. The van der Waals surface area contributed by atoms with E-state index in [1.165, 1.54) is 12.1 Å². The molecule has 1 aliphatic heterocycles. The van der Waals surface area contributed by atoms with Gasteiger partial charge in [-0.25, -0.2) is 4.39 Å². The van der Waals surface area contributed by atoms with Gasteiger partial charge in [-0.15, -0.1) is 24.8 Å². The van der Waals surface area contributed by atoms with Gasteiger partial charge < -0.3 is 14.8 Å². The van der Waals surface area contributed by atoms with E-state index >= 15 is 0 Å². The van der Waals surface area contributed by atoms with Gasteiger partial charge in [0.05, 0.1) is 13.2 Å². The first-order valence-corrected chi connectivity index (χ1v) is 8.77. The lowest BCUT2D eigenvalue weighted by Crippen LogP contribution is -2.40. The summed E-state index contributed by atoms with van der Waals surface area (Å²) in [5.74, 6) is 0.638. The third kappa shape index (κ3) is 8.03. The second kappa shape index (κ2) is 12.9. The van der Waals surface area contributed by atoms with Crippen molar-refractivity contribution < 1.29 is 13.9 Å². The topological polar surface area (TPSA) is 33.7 Å². The number of morpholine rings is 1. The van der Waals surface area contributed by atoms with E-state index in [0.717, 1.165) is 62.8 Å². The van der Waals surface area contributed by atoms with Crippen LogP contribution in [0.5, 0.6) is 5.75 Å². The zero-order chi connectivity index (χ0) is 17.3. The Hall–Kier alpha value is -1.37. The molecule has 0 aromatic heterocycles. The maximum atomic E-state index is 13.0. The number of para-hydroxylation sites is 1. The molecule has 0 saturated carbocycles. The van der Waals surface area contributed by atoms with E-state index in [4.69, 9.17) is 9.47 Å². The van der Waals surface area contributed by atoms with Crippen molar-refractivity contribution in [2.75, 3.05) is 39.4 Å². The SMILES string of the molecule is Cl.Cl.Fc1ccc(COc2ccccc2CNCCN2CCOCC2)cc1. The summed E-state index contributed by atoms with van der Waals surface area (Å²) in [6, 6.07) is 14.4. The second-order valence-corrected chi connectivity index (χ2v) is 6.15. The standard InChI is InChI=1S/C20H25FN2O2.2ClH/c21-19-7-5-17(6-8-19)16-25-20-4-2-1-3-18(20)15-22-9-10-23-11-13-24-14-12-23;;/h1-8,22H,9-16H2;2*1H. The van der Waals surface area contributed by atoms with Gasteiger partial charge >= 0.3 is 0 Å². The van der Waals surface area contributed by atoms with E-state index in [9.17, 15) is 4.39 Å². The van der Waals surface area contributed by atoms with Gasteiger partial charge in [0.25, 0.3) is 0 Å². The van der Waals surface area contributed by atoms with E-state index in [1.54, 1.807) is 12.1 Å². The predicted octanol–water partition coefficient (Wildman–Crippen LogP) is 3.67. The van der Waals surface area contributed by atoms with Crippen molar-refractivity contribution in [3.63, 3.8) is 0 Å². The first kappa shape index (κ1) is 23.7. The highest BCUT2D eigenvalue weighted by Gasteiger charge is 2.09. The molecular formula is C20H27Cl2FN2O2. The summed E-state index contributed by atoms with van der Waals surface area (Å²) in [6.07, 6.45) is 0. The summed E-state index contributed by atoms with van der Waals surface area (Å²) < 4.78 is 24.2. The van der Waals surface area contributed by atoms with Gasteiger partial charge in [-0.1, -0.05) is 30.3 Å². The predicted molar refractivity (Wildman–Crippen MR) is 111 cm³/mol. The Kier molecular flexibility index (Phi) is 11.3. The molecule has 1 N–H and O–H groups in total. The fourth-order valence-electron chi connectivity index (χ4n) is 2.82. The normalized spacial score (nSPS) is 14.1. The Bertz CT molecular complexity index is 653. The van der Waals surface area contributed by atoms with Crippen molar-refractivity contribution in [2.45, 2.75) is 13.2 Å². The van der Waals surface area contributed by atoms with Gasteiger partial charge in [-0.05, 0) is 23.8 Å². The highest BCUT2D eigenvalue weighted by Crippen LogP contribution is 2.19. The minimum atomic E-state index is -0.228. The number of nitrogens with zero attached hydrogens (tertiary/aromatic N) is 1. The van der Waals surface area contributed by atoms with Gasteiger partial charge in [0, 0.05) is 38.3 Å².